The van der Waals surface area contributed by atoms with Crippen LogP contribution in [0.1, 0.15) is 59.8 Å². The van der Waals surface area contributed by atoms with Crippen molar-refractivity contribution in [3.63, 3.8) is 0 Å². The zero-order valence-corrected chi connectivity index (χ0v) is 9.35. The van der Waals surface area contributed by atoms with Crippen molar-refractivity contribution in [2.45, 2.75) is 59.8 Å². The van der Waals surface area contributed by atoms with Gasteiger partial charge in [0.2, 0.25) is 0 Å². The van der Waals surface area contributed by atoms with Crippen molar-refractivity contribution in [2.24, 2.45) is 0 Å². The molecule has 0 radical (unpaired) electrons. The molecule has 13 heavy (non-hydrogen) atoms. The highest BCUT2D eigenvalue weighted by molar-refractivity contribution is 5.98. The van der Waals surface area contributed by atoms with Crippen molar-refractivity contribution >= 4 is 11.6 Å². The summed E-state index contributed by atoms with van der Waals surface area (Å²) in [7, 11) is 0. The fraction of sp³-hybridized carbons (Fsp3) is 0.818. The van der Waals surface area contributed by atoms with E-state index >= 15 is 0 Å². The Morgan fingerprint density at radius 3 is 1.23 bits per heavy atom. The van der Waals surface area contributed by atoms with Gasteiger partial charge in [0.15, 0.2) is 0 Å². The molecule has 0 heterocycles. The number of ketones is 2. The van der Waals surface area contributed by atoms with Crippen LogP contribution in [-0.4, -0.2) is 11.6 Å². The normalized spacial score (nSPS) is 8.62. The highest BCUT2D eigenvalue weighted by Gasteiger charge is 2.03. The molecule has 0 atom stereocenters. The number of hydrogen-bond donors (Lipinski definition) is 0. The van der Waals surface area contributed by atoms with Crippen molar-refractivity contribution in [3.05, 3.63) is 0 Å². The minimum absolute atomic E-state index is 0.0434. The molecule has 0 saturated carbocycles. The summed E-state index contributed by atoms with van der Waals surface area (Å²) in [5, 5.41) is 0. The third-order valence-corrected chi connectivity index (χ3v) is 1.68. The SMILES string of the molecule is CCC(=O)CC(=O)CC.CCCC. The second-order valence-electron chi connectivity index (χ2n) is 2.96. The lowest BCUT2D eigenvalue weighted by Gasteiger charge is -1.91. The first kappa shape index (κ1) is 14.8. The van der Waals surface area contributed by atoms with E-state index in [2.05, 4.69) is 13.8 Å². The van der Waals surface area contributed by atoms with E-state index in [1.165, 1.54) is 12.8 Å². The first-order chi connectivity index (χ1) is 6.12. The minimum Gasteiger partial charge on any atom is -0.299 e. The van der Waals surface area contributed by atoms with E-state index < -0.39 is 0 Å². The number of carbonyl (C=O) groups excluding carboxylic acids is 2. The van der Waals surface area contributed by atoms with Crippen molar-refractivity contribution < 1.29 is 9.59 Å². The zero-order valence-electron chi connectivity index (χ0n) is 9.35. The molecule has 0 saturated heterocycles. The van der Waals surface area contributed by atoms with Crippen molar-refractivity contribution in [3.8, 4) is 0 Å². The van der Waals surface area contributed by atoms with Gasteiger partial charge in [0.1, 0.15) is 11.6 Å². The molecule has 0 aromatic carbocycles. The van der Waals surface area contributed by atoms with Crippen LogP contribution in [0.3, 0.4) is 0 Å². The summed E-state index contributed by atoms with van der Waals surface area (Å²) >= 11 is 0. The monoisotopic (exact) mass is 186 g/mol. The standard InChI is InChI=1S/C7H12O2.C4H10/c1-3-6(8)5-7(9)4-2;1-3-4-2/h3-5H2,1-2H3;3-4H2,1-2H3. The lowest BCUT2D eigenvalue weighted by Crippen LogP contribution is -2.04. The van der Waals surface area contributed by atoms with Gasteiger partial charge in [-0.15, -0.1) is 0 Å². The summed E-state index contributed by atoms with van der Waals surface area (Å²) in [6.07, 6.45) is 3.73. The maximum Gasteiger partial charge on any atom is 0.139 e. The van der Waals surface area contributed by atoms with Gasteiger partial charge >= 0.3 is 0 Å². The molecule has 78 valence electrons. The number of carbonyl (C=O) groups is 2. The van der Waals surface area contributed by atoms with Gasteiger partial charge in [0, 0.05) is 12.8 Å². The Morgan fingerprint density at radius 2 is 1.08 bits per heavy atom. The molecule has 0 N–H and O–H groups in total. The Kier molecular flexibility index (Phi) is 12.9. The summed E-state index contributed by atoms with van der Waals surface area (Å²) in [6, 6.07) is 0. The molecule has 0 unspecified atom stereocenters. The van der Waals surface area contributed by atoms with Crippen molar-refractivity contribution in [1.82, 2.24) is 0 Å². The van der Waals surface area contributed by atoms with E-state index in [-0.39, 0.29) is 18.0 Å². The maximum atomic E-state index is 10.6. The highest BCUT2D eigenvalue weighted by atomic mass is 16.1. The van der Waals surface area contributed by atoms with Gasteiger partial charge in [-0.25, -0.2) is 0 Å². The summed E-state index contributed by atoms with van der Waals surface area (Å²) in [4.78, 5) is 21.1. The number of rotatable bonds is 5. The molecule has 0 aromatic rings. The summed E-state index contributed by atoms with van der Waals surface area (Å²) in [6.45, 7) is 7.90. The Labute approximate surface area is 81.7 Å². The highest BCUT2D eigenvalue weighted by Crippen LogP contribution is 1.92. The average Bonchev–Trinajstić information content (AvgIpc) is 2.17. The van der Waals surface area contributed by atoms with Gasteiger partial charge < -0.3 is 0 Å². The van der Waals surface area contributed by atoms with Crippen LogP contribution in [0.25, 0.3) is 0 Å². The molecule has 0 spiro atoms. The topological polar surface area (TPSA) is 34.1 Å². The average molecular weight is 186 g/mol. The lowest BCUT2D eigenvalue weighted by molar-refractivity contribution is -0.126. The molecule has 0 bridgehead atoms. The van der Waals surface area contributed by atoms with Crippen LogP contribution in [0.15, 0.2) is 0 Å². The summed E-state index contributed by atoms with van der Waals surface area (Å²) in [5.41, 5.74) is 0. The van der Waals surface area contributed by atoms with Crippen LogP contribution in [0.2, 0.25) is 0 Å². The predicted octanol–water partition coefficient (Wildman–Crippen LogP) is 3.14. The minimum atomic E-state index is 0.0434. The second kappa shape index (κ2) is 11.3. The molecule has 0 rings (SSSR count). The molecule has 2 heteroatoms. The molecule has 0 aromatic heterocycles. The fourth-order valence-electron chi connectivity index (χ4n) is 0.470. The van der Waals surface area contributed by atoms with Gasteiger partial charge in [-0.05, 0) is 0 Å². The van der Waals surface area contributed by atoms with Crippen LogP contribution in [0.4, 0.5) is 0 Å². The van der Waals surface area contributed by atoms with Crippen LogP contribution in [0.5, 0.6) is 0 Å². The molecule has 0 fully saturated rings. The third kappa shape index (κ3) is 14.2. The van der Waals surface area contributed by atoms with Gasteiger partial charge in [0.25, 0.3) is 0 Å². The quantitative estimate of drug-likeness (QED) is 0.618. The summed E-state index contributed by atoms with van der Waals surface area (Å²) in [5.74, 6) is 0.0868. The van der Waals surface area contributed by atoms with Crippen LogP contribution < -0.4 is 0 Å². The predicted molar refractivity (Wildman–Crippen MR) is 55.8 cm³/mol. The Morgan fingerprint density at radius 1 is 0.769 bits per heavy atom. The Hall–Kier alpha value is -0.660. The molecule has 0 amide bonds. The molecule has 0 aliphatic rings. The van der Waals surface area contributed by atoms with Gasteiger partial charge in [0.05, 0.1) is 6.42 Å². The molecule has 2 nitrogen and oxygen atoms in total. The van der Waals surface area contributed by atoms with Crippen molar-refractivity contribution in [1.29, 1.82) is 0 Å². The van der Waals surface area contributed by atoms with Gasteiger partial charge in [-0.2, -0.15) is 0 Å². The van der Waals surface area contributed by atoms with E-state index in [9.17, 15) is 9.59 Å². The maximum absolute atomic E-state index is 10.6. The number of unbranched alkanes of at least 4 members (excludes halogenated alkanes) is 1. The number of Topliss-reactive ketones (excluding diaryl/α,β-unsaturated/α-hetero) is 2. The van der Waals surface area contributed by atoms with Gasteiger partial charge in [-0.3, -0.25) is 9.59 Å². The van der Waals surface area contributed by atoms with Crippen LogP contribution >= 0.6 is 0 Å². The summed E-state index contributed by atoms with van der Waals surface area (Å²) < 4.78 is 0. The lowest BCUT2D eigenvalue weighted by atomic mass is 10.1. The van der Waals surface area contributed by atoms with E-state index in [4.69, 9.17) is 0 Å². The second-order valence-corrected chi connectivity index (χ2v) is 2.96. The van der Waals surface area contributed by atoms with Crippen LogP contribution in [0, 0.1) is 0 Å². The Balaban J connectivity index is 0. The van der Waals surface area contributed by atoms with E-state index in [0.29, 0.717) is 12.8 Å². The van der Waals surface area contributed by atoms with E-state index in [1.54, 1.807) is 13.8 Å². The first-order valence-corrected chi connectivity index (χ1v) is 5.15. The first-order valence-electron chi connectivity index (χ1n) is 5.15. The van der Waals surface area contributed by atoms with Crippen LogP contribution in [-0.2, 0) is 9.59 Å². The number of hydrogen-bond acceptors (Lipinski definition) is 2. The third-order valence-electron chi connectivity index (χ3n) is 1.68. The molecular weight excluding hydrogens is 164 g/mol. The molecule has 0 aliphatic carbocycles. The fourth-order valence-corrected chi connectivity index (χ4v) is 0.470. The molecule has 0 aliphatic heterocycles. The van der Waals surface area contributed by atoms with E-state index in [1.807, 2.05) is 0 Å². The van der Waals surface area contributed by atoms with Crippen molar-refractivity contribution in [2.75, 3.05) is 0 Å². The zero-order chi connectivity index (χ0) is 10.7. The van der Waals surface area contributed by atoms with Gasteiger partial charge in [-0.1, -0.05) is 40.5 Å². The smallest absolute Gasteiger partial charge is 0.139 e. The largest absolute Gasteiger partial charge is 0.299 e. The molecular formula is C11H22O2. The Bertz CT molecular complexity index is 123. The van der Waals surface area contributed by atoms with E-state index in [0.717, 1.165) is 0 Å².